The van der Waals surface area contributed by atoms with E-state index in [-0.39, 0.29) is 36.6 Å². The number of nitrogens with two attached hydrogens (primary N) is 1. The number of phenols is 1. The molecule has 0 amide bonds. The fourth-order valence-electron chi connectivity index (χ4n) is 2.51. The Balaban J connectivity index is 0.00000180. The number of nitrogens with one attached hydrogen (secondary N) is 1. The second-order valence-electron chi connectivity index (χ2n) is 4.70. The van der Waals surface area contributed by atoms with E-state index in [1.165, 1.54) is 0 Å². The first kappa shape index (κ1) is 19.1. The number of halogens is 2. The maximum Gasteiger partial charge on any atom is 0.143 e. The van der Waals surface area contributed by atoms with Gasteiger partial charge in [0.2, 0.25) is 0 Å². The smallest absolute Gasteiger partial charge is 0.143 e. The number of hydrogen-bond acceptors (Lipinski definition) is 4. The van der Waals surface area contributed by atoms with E-state index < -0.39 is 0 Å². The van der Waals surface area contributed by atoms with E-state index in [0.717, 1.165) is 37.3 Å². The SMILES string of the molecule is C=C[C@H](c1c(C)ccc(N)c1O)N1CCNCC1.Cl.Cl. The molecule has 114 valence electrons. The molecule has 4 nitrogen and oxygen atoms in total. The summed E-state index contributed by atoms with van der Waals surface area (Å²) < 4.78 is 0. The Labute approximate surface area is 132 Å². The van der Waals surface area contributed by atoms with E-state index in [1.54, 1.807) is 6.07 Å². The number of rotatable bonds is 3. The van der Waals surface area contributed by atoms with Gasteiger partial charge < -0.3 is 16.2 Å². The van der Waals surface area contributed by atoms with Crippen LogP contribution in [-0.4, -0.2) is 36.2 Å². The standard InChI is InChI=1S/C14H21N3O.2ClH/c1-3-12(17-8-6-16-7-9-17)13-10(2)4-5-11(15)14(13)18;;/h3-5,12,16,18H,1,6-9,15H2,2H3;2*1H/t12-;;/m1../s1. The van der Waals surface area contributed by atoms with Crippen molar-refractivity contribution in [2.45, 2.75) is 13.0 Å². The van der Waals surface area contributed by atoms with Crippen molar-refractivity contribution in [2.75, 3.05) is 31.9 Å². The number of nitrogens with zero attached hydrogens (tertiary/aromatic N) is 1. The van der Waals surface area contributed by atoms with Crippen molar-refractivity contribution >= 4 is 30.5 Å². The van der Waals surface area contributed by atoms with E-state index >= 15 is 0 Å². The van der Waals surface area contributed by atoms with Crippen LogP contribution in [-0.2, 0) is 0 Å². The van der Waals surface area contributed by atoms with Crippen LogP contribution < -0.4 is 11.1 Å². The van der Waals surface area contributed by atoms with Crippen LogP contribution in [0.15, 0.2) is 24.8 Å². The van der Waals surface area contributed by atoms with Crippen molar-refractivity contribution in [3.63, 3.8) is 0 Å². The first-order valence-corrected chi connectivity index (χ1v) is 6.30. The Hall–Kier alpha value is -0.940. The first-order valence-electron chi connectivity index (χ1n) is 6.30. The highest BCUT2D eigenvalue weighted by Gasteiger charge is 2.24. The van der Waals surface area contributed by atoms with Crippen molar-refractivity contribution in [1.29, 1.82) is 0 Å². The molecule has 1 aliphatic heterocycles. The van der Waals surface area contributed by atoms with Gasteiger partial charge in [-0.05, 0) is 18.6 Å². The quantitative estimate of drug-likeness (QED) is 0.454. The summed E-state index contributed by atoms with van der Waals surface area (Å²) in [5.74, 6) is 0.193. The predicted molar refractivity (Wildman–Crippen MR) is 89.1 cm³/mol. The Morgan fingerprint density at radius 1 is 1.35 bits per heavy atom. The molecule has 1 heterocycles. The van der Waals surface area contributed by atoms with Gasteiger partial charge in [0.05, 0.1) is 11.7 Å². The molecular weight excluding hydrogens is 297 g/mol. The van der Waals surface area contributed by atoms with Crippen molar-refractivity contribution < 1.29 is 5.11 Å². The molecule has 0 unspecified atom stereocenters. The fraction of sp³-hybridized carbons (Fsp3) is 0.429. The van der Waals surface area contributed by atoms with Crippen LogP contribution >= 0.6 is 24.8 Å². The number of aryl methyl sites for hydroxylation is 1. The number of aromatic hydroxyl groups is 1. The molecule has 4 N–H and O–H groups in total. The lowest BCUT2D eigenvalue weighted by atomic mass is 9.97. The van der Waals surface area contributed by atoms with E-state index in [2.05, 4.69) is 16.8 Å². The number of hydrogen-bond donors (Lipinski definition) is 3. The zero-order valence-electron chi connectivity index (χ0n) is 11.6. The van der Waals surface area contributed by atoms with Gasteiger partial charge in [0.1, 0.15) is 5.75 Å². The molecule has 1 aromatic rings. The van der Waals surface area contributed by atoms with Gasteiger partial charge in [-0.1, -0.05) is 12.1 Å². The molecule has 0 aromatic heterocycles. The maximum atomic E-state index is 10.2. The van der Waals surface area contributed by atoms with Crippen LogP contribution in [0.1, 0.15) is 17.2 Å². The van der Waals surface area contributed by atoms with E-state index in [0.29, 0.717) is 5.69 Å². The second-order valence-corrected chi connectivity index (χ2v) is 4.70. The fourth-order valence-corrected chi connectivity index (χ4v) is 2.51. The van der Waals surface area contributed by atoms with Crippen molar-refractivity contribution in [2.24, 2.45) is 0 Å². The summed E-state index contributed by atoms with van der Waals surface area (Å²) in [6.07, 6.45) is 1.88. The van der Waals surface area contributed by atoms with Gasteiger partial charge in [-0.2, -0.15) is 0 Å². The van der Waals surface area contributed by atoms with Gasteiger partial charge in [0, 0.05) is 31.7 Å². The second kappa shape index (κ2) is 8.37. The molecule has 1 atom stereocenters. The van der Waals surface area contributed by atoms with Gasteiger partial charge in [-0.15, -0.1) is 31.4 Å². The van der Waals surface area contributed by atoms with E-state index in [4.69, 9.17) is 5.73 Å². The molecule has 1 aromatic carbocycles. The number of benzene rings is 1. The average molecular weight is 320 g/mol. The minimum Gasteiger partial charge on any atom is -0.505 e. The summed E-state index contributed by atoms with van der Waals surface area (Å²) >= 11 is 0. The predicted octanol–water partition coefficient (Wildman–Crippen LogP) is 2.26. The lowest BCUT2D eigenvalue weighted by Gasteiger charge is -2.34. The third-order valence-corrected chi connectivity index (χ3v) is 3.53. The monoisotopic (exact) mass is 319 g/mol. The minimum absolute atomic E-state index is 0. The summed E-state index contributed by atoms with van der Waals surface area (Å²) in [6.45, 7) is 9.73. The van der Waals surface area contributed by atoms with Crippen LogP contribution in [0.25, 0.3) is 0 Å². The normalized spacial score (nSPS) is 16.6. The third-order valence-electron chi connectivity index (χ3n) is 3.53. The zero-order chi connectivity index (χ0) is 13.1. The van der Waals surface area contributed by atoms with Crippen molar-refractivity contribution in [3.05, 3.63) is 35.9 Å². The molecule has 1 aliphatic rings. The minimum atomic E-state index is 0. The molecule has 0 bridgehead atoms. The van der Waals surface area contributed by atoms with Gasteiger partial charge >= 0.3 is 0 Å². The average Bonchev–Trinajstić information content (AvgIpc) is 2.40. The Bertz CT molecular complexity index is 448. The number of phenolic OH excluding ortho intramolecular Hbond substituents is 1. The zero-order valence-corrected chi connectivity index (χ0v) is 13.3. The number of nitrogen functional groups attached to an aromatic ring is 1. The van der Waals surface area contributed by atoms with Crippen molar-refractivity contribution in [3.8, 4) is 5.75 Å². The molecule has 6 heteroatoms. The van der Waals surface area contributed by atoms with Gasteiger partial charge in [-0.3, -0.25) is 4.90 Å². The Morgan fingerprint density at radius 3 is 2.50 bits per heavy atom. The maximum absolute atomic E-state index is 10.2. The van der Waals surface area contributed by atoms with Crippen LogP contribution in [0.5, 0.6) is 5.75 Å². The van der Waals surface area contributed by atoms with Crippen LogP contribution in [0.2, 0.25) is 0 Å². The molecule has 0 spiro atoms. The van der Waals surface area contributed by atoms with Gasteiger partial charge in [0.25, 0.3) is 0 Å². The molecule has 1 fully saturated rings. The largest absolute Gasteiger partial charge is 0.505 e. The van der Waals surface area contributed by atoms with Crippen LogP contribution in [0, 0.1) is 6.92 Å². The molecule has 2 rings (SSSR count). The highest BCUT2D eigenvalue weighted by atomic mass is 35.5. The van der Waals surface area contributed by atoms with Gasteiger partial charge in [0.15, 0.2) is 0 Å². The van der Waals surface area contributed by atoms with E-state index in [9.17, 15) is 5.11 Å². The van der Waals surface area contributed by atoms with Crippen molar-refractivity contribution in [1.82, 2.24) is 10.2 Å². The third kappa shape index (κ3) is 3.79. The summed E-state index contributed by atoms with van der Waals surface area (Å²) in [7, 11) is 0. The molecule has 0 saturated carbocycles. The Kier molecular flexibility index (Phi) is 7.98. The molecular formula is C14H23Cl2N3O. The van der Waals surface area contributed by atoms with Crippen LogP contribution in [0.4, 0.5) is 5.69 Å². The summed E-state index contributed by atoms with van der Waals surface area (Å²) in [6, 6.07) is 3.71. The summed E-state index contributed by atoms with van der Waals surface area (Å²) in [4.78, 5) is 2.31. The van der Waals surface area contributed by atoms with Crippen LogP contribution in [0.3, 0.4) is 0 Å². The topological polar surface area (TPSA) is 61.5 Å². The van der Waals surface area contributed by atoms with Gasteiger partial charge in [-0.25, -0.2) is 0 Å². The van der Waals surface area contributed by atoms with E-state index in [1.807, 2.05) is 19.1 Å². The highest BCUT2D eigenvalue weighted by molar-refractivity contribution is 5.85. The number of piperazine rings is 1. The number of anilines is 1. The highest BCUT2D eigenvalue weighted by Crippen LogP contribution is 2.36. The molecule has 1 saturated heterocycles. The lowest BCUT2D eigenvalue weighted by Crippen LogP contribution is -2.44. The Morgan fingerprint density at radius 2 is 1.95 bits per heavy atom. The lowest BCUT2D eigenvalue weighted by molar-refractivity contribution is 0.200. The first-order chi connectivity index (χ1) is 8.65. The summed E-state index contributed by atoms with van der Waals surface area (Å²) in [5, 5.41) is 13.5. The molecule has 0 radical (unpaired) electrons. The molecule has 20 heavy (non-hydrogen) atoms. The molecule has 0 aliphatic carbocycles. The summed E-state index contributed by atoms with van der Waals surface area (Å²) in [5.41, 5.74) is 8.15.